The van der Waals surface area contributed by atoms with E-state index in [0.717, 1.165) is 23.7 Å². The molecule has 0 bridgehead atoms. The zero-order chi connectivity index (χ0) is 11.4. The summed E-state index contributed by atoms with van der Waals surface area (Å²) in [5, 5.41) is 0. The van der Waals surface area contributed by atoms with Crippen LogP contribution in [0, 0.1) is 23.7 Å². The highest BCUT2D eigenvalue weighted by molar-refractivity contribution is 4.75. The first kappa shape index (κ1) is 13.0. The van der Waals surface area contributed by atoms with Crippen LogP contribution >= 0.6 is 0 Å². The van der Waals surface area contributed by atoms with Crippen LogP contribution in [0.5, 0.6) is 0 Å². The first-order valence-electron chi connectivity index (χ1n) is 6.74. The normalized spacial score (nSPS) is 24.4. The Balaban J connectivity index is 2.34. The average Bonchev–Trinajstić information content (AvgIpc) is 2.67. The van der Waals surface area contributed by atoms with E-state index in [2.05, 4.69) is 39.5 Å². The molecule has 1 nitrogen and oxygen atoms in total. The second kappa shape index (κ2) is 5.89. The predicted molar refractivity (Wildman–Crippen MR) is 68.0 cm³/mol. The lowest BCUT2D eigenvalue weighted by Gasteiger charge is -2.31. The van der Waals surface area contributed by atoms with Gasteiger partial charge in [-0.25, -0.2) is 0 Å². The summed E-state index contributed by atoms with van der Waals surface area (Å²) in [4.78, 5) is 2.65. The predicted octanol–water partition coefficient (Wildman–Crippen LogP) is 3.65. The molecule has 1 heterocycles. The Labute approximate surface area is 96.2 Å². The monoisotopic (exact) mass is 211 g/mol. The molecule has 1 rings (SSSR count). The Hall–Kier alpha value is -0.0400. The van der Waals surface area contributed by atoms with Crippen LogP contribution < -0.4 is 0 Å². The van der Waals surface area contributed by atoms with Crippen LogP contribution in [0.25, 0.3) is 0 Å². The molecule has 0 spiro atoms. The number of rotatable bonds is 5. The lowest BCUT2D eigenvalue weighted by molar-refractivity contribution is 0.174. The van der Waals surface area contributed by atoms with Crippen molar-refractivity contribution in [2.45, 2.75) is 47.5 Å². The molecule has 90 valence electrons. The molecule has 1 heteroatoms. The van der Waals surface area contributed by atoms with Gasteiger partial charge in [0.2, 0.25) is 0 Å². The molecule has 3 unspecified atom stereocenters. The summed E-state index contributed by atoms with van der Waals surface area (Å²) in [7, 11) is 0. The standard InChI is InChI=1S/C14H29N/c1-11(2)13(4)14(5)12(3)10-15-8-6-7-9-15/h11-14H,6-10H2,1-5H3. The molecule has 0 N–H and O–H groups in total. The fourth-order valence-electron chi connectivity index (χ4n) is 2.66. The summed E-state index contributed by atoms with van der Waals surface area (Å²) in [6, 6.07) is 0. The topological polar surface area (TPSA) is 3.24 Å². The van der Waals surface area contributed by atoms with Gasteiger partial charge in [-0.05, 0) is 49.6 Å². The van der Waals surface area contributed by atoms with Crippen molar-refractivity contribution < 1.29 is 0 Å². The highest BCUT2D eigenvalue weighted by atomic mass is 15.1. The van der Waals surface area contributed by atoms with E-state index in [1.165, 1.54) is 32.5 Å². The molecule has 0 aromatic heterocycles. The van der Waals surface area contributed by atoms with Gasteiger partial charge in [0.25, 0.3) is 0 Å². The van der Waals surface area contributed by atoms with Crippen LogP contribution in [0.4, 0.5) is 0 Å². The lowest BCUT2D eigenvalue weighted by Crippen LogP contribution is -2.31. The summed E-state index contributed by atoms with van der Waals surface area (Å²) in [6.45, 7) is 16.0. The van der Waals surface area contributed by atoms with Crippen molar-refractivity contribution >= 4 is 0 Å². The zero-order valence-corrected chi connectivity index (χ0v) is 11.3. The molecule has 1 saturated heterocycles. The Morgan fingerprint density at radius 3 is 1.87 bits per heavy atom. The van der Waals surface area contributed by atoms with Gasteiger partial charge in [-0.3, -0.25) is 0 Å². The SMILES string of the molecule is CC(C)C(C)C(C)C(C)CN1CCCC1. The summed E-state index contributed by atoms with van der Waals surface area (Å²) in [5.74, 6) is 3.37. The minimum Gasteiger partial charge on any atom is -0.303 e. The maximum Gasteiger partial charge on any atom is 0.000966 e. The Morgan fingerprint density at radius 2 is 1.40 bits per heavy atom. The van der Waals surface area contributed by atoms with Gasteiger partial charge >= 0.3 is 0 Å². The van der Waals surface area contributed by atoms with E-state index in [-0.39, 0.29) is 0 Å². The first-order chi connectivity index (χ1) is 7.02. The molecule has 1 aliphatic rings. The van der Waals surface area contributed by atoms with Gasteiger partial charge in [0, 0.05) is 6.54 Å². The van der Waals surface area contributed by atoms with Gasteiger partial charge in [0.1, 0.15) is 0 Å². The van der Waals surface area contributed by atoms with E-state index in [4.69, 9.17) is 0 Å². The van der Waals surface area contributed by atoms with E-state index in [1.807, 2.05) is 0 Å². The molecule has 1 fully saturated rings. The van der Waals surface area contributed by atoms with Crippen LogP contribution in [0.15, 0.2) is 0 Å². The fourth-order valence-corrected chi connectivity index (χ4v) is 2.66. The van der Waals surface area contributed by atoms with Crippen molar-refractivity contribution in [2.24, 2.45) is 23.7 Å². The summed E-state index contributed by atoms with van der Waals surface area (Å²) >= 11 is 0. The highest BCUT2D eigenvalue weighted by Crippen LogP contribution is 2.27. The van der Waals surface area contributed by atoms with E-state index in [9.17, 15) is 0 Å². The Bertz CT molecular complexity index is 170. The molecule has 0 aromatic rings. The van der Waals surface area contributed by atoms with Crippen LogP contribution in [-0.4, -0.2) is 24.5 Å². The van der Waals surface area contributed by atoms with E-state index in [0.29, 0.717) is 0 Å². The van der Waals surface area contributed by atoms with Crippen LogP contribution in [-0.2, 0) is 0 Å². The second-order valence-electron chi connectivity index (χ2n) is 5.95. The third-order valence-electron chi connectivity index (χ3n) is 4.52. The first-order valence-corrected chi connectivity index (χ1v) is 6.74. The molecular weight excluding hydrogens is 182 g/mol. The van der Waals surface area contributed by atoms with Gasteiger partial charge in [0.05, 0.1) is 0 Å². The van der Waals surface area contributed by atoms with E-state index in [1.54, 1.807) is 0 Å². The third-order valence-corrected chi connectivity index (χ3v) is 4.52. The van der Waals surface area contributed by atoms with Gasteiger partial charge in [-0.1, -0.05) is 34.6 Å². The smallest absolute Gasteiger partial charge is 0.000966 e. The fraction of sp³-hybridized carbons (Fsp3) is 1.00. The molecule has 3 atom stereocenters. The van der Waals surface area contributed by atoms with Crippen molar-refractivity contribution in [1.29, 1.82) is 0 Å². The molecule has 0 amide bonds. The number of nitrogens with zero attached hydrogens (tertiary/aromatic N) is 1. The molecule has 1 aliphatic heterocycles. The Kier molecular flexibility index (Phi) is 5.11. The summed E-state index contributed by atoms with van der Waals surface area (Å²) in [5.41, 5.74) is 0. The largest absolute Gasteiger partial charge is 0.303 e. The minimum atomic E-state index is 0.820. The van der Waals surface area contributed by atoms with Crippen molar-refractivity contribution in [2.75, 3.05) is 19.6 Å². The molecule has 0 aliphatic carbocycles. The van der Waals surface area contributed by atoms with Crippen LogP contribution in [0.1, 0.15) is 47.5 Å². The van der Waals surface area contributed by atoms with Crippen molar-refractivity contribution in [3.8, 4) is 0 Å². The minimum absolute atomic E-state index is 0.820. The molecule has 0 saturated carbocycles. The molecule has 0 radical (unpaired) electrons. The van der Waals surface area contributed by atoms with Crippen molar-refractivity contribution in [1.82, 2.24) is 4.90 Å². The summed E-state index contributed by atoms with van der Waals surface area (Å²) < 4.78 is 0. The van der Waals surface area contributed by atoms with Gasteiger partial charge in [-0.2, -0.15) is 0 Å². The van der Waals surface area contributed by atoms with Crippen molar-refractivity contribution in [3.63, 3.8) is 0 Å². The zero-order valence-electron chi connectivity index (χ0n) is 11.3. The molecule has 0 aromatic carbocycles. The number of hydrogen-bond acceptors (Lipinski definition) is 1. The molecule has 15 heavy (non-hydrogen) atoms. The van der Waals surface area contributed by atoms with E-state index < -0.39 is 0 Å². The highest BCUT2D eigenvalue weighted by Gasteiger charge is 2.24. The quantitative estimate of drug-likeness (QED) is 0.671. The second-order valence-corrected chi connectivity index (χ2v) is 5.95. The van der Waals surface area contributed by atoms with Crippen LogP contribution in [0.2, 0.25) is 0 Å². The van der Waals surface area contributed by atoms with E-state index >= 15 is 0 Å². The van der Waals surface area contributed by atoms with Crippen molar-refractivity contribution in [3.05, 3.63) is 0 Å². The molecular formula is C14H29N. The number of hydrogen-bond donors (Lipinski definition) is 0. The van der Waals surface area contributed by atoms with Gasteiger partial charge in [-0.15, -0.1) is 0 Å². The average molecular weight is 211 g/mol. The number of likely N-dealkylation sites (tertiary alicyclic amines) is 1. The maximum absolute atomic E-state index is 2.65. The summed E-state index contributed by atoms with van der Waals surface area (Å²) in [6.07, 6.45) is 2.83. The van der Waals surface area contributed by atoms with Gasteiger partial charge < -0.3 is 4.90 Å². The Morgan fingerprint density at radius 1 is 0.867 bits per heavy atom. The van der Waals surface area contributed by atoms with Gasteiger partial charge in [0.15, 0.2) is 0 Å². The van der Waals surface area contributed by atoms with Crippen LogP contribution in [0.3, 0.4) is 0 Å². The third kappa shape index (κ3) is 3.79. The lowest BCUT2D eigenvalue weighted by atomic mass is 9.79. The maximum atomic E-state index is 2.65.